The Kier molecular flexibility index (Phi) is 5.81. The van der Waals surface area contributed by atoms with E-state index in [0.29, 0.717) is 25.3 Å². The van der Waals surface area contributed by atoms with Crippen LogP contribution in [0.1, 0.15) is 24.0 Å². The van der Waals surface area contributed by atoms with Crippen molar-refractivity contribution < 1.29 is 18.8 Å². The molecule has 0 spiro atoms. The van der Waals surface area contributed by atoms with Crippen molar-refractivity contribution in [3.63, 3.8) is 0 Å². The molecule has 0 aliphatic carbocycles. The van der Waals surface area contributed by atoms with Crippen LogP contribution >= 0.6 is 0 Å². The van der Waals surface area contributed by atoms with Gasteiger partial charge < -0.3 is 10.1 Å². The maximum atomic E-state index is 13.3. The second kappa shape index (κ2) is 8.26. The maximum Gasteiger partial charge on any atom is 0.269 e. The molecule has 1 amide bonds. The molecule has 0 aromatic heterocycles. The van der Waals surface area contributed by atoms with Crippen LogP contribution in [0.25, 0.3) is 0 Å². The zero-order chi connectivity index (χ0) is 19.3. The summed E-state index contributed by atoms with van der Waals surface area (Å²) >= 11 is 0. The Morgan fingerprint density at radius 2 is 1.74 bits per heavy atom. The van der Waals surface area contributed by atoms with E-state index in [0.717, 1.165) is 18.4 Å². The maximum absolute atomic E-state index is 13.3. The summed E-state index contributed by atoms with van der Waals surface area (Å²) in [6.45, 7) is 1.62. The summed E-state index contributed by atoms with van der Waals surface area (Å²) in [5, 5.41) is 13.7. The topological polar surface area (TPSA) is 81.5 Å². The van der Waals surface area contributed by atoms with Crippen molar-refractivity contribution in [2.75, 3.05) is 19.8 Å². The van der Waals surface area contributed by atoms with E-state index in [1.165, 1.54) is 24.3 Å². The minimum Gasteiger partial charge on any atom is -0.381 e. The summed E-state index contributed by atoms with van der Waals surface area (Å²) in [7, 11) is 0. The molecule has 7 heteroatoms. The highest BCUT2D eigenvalue weighted by molar-refractivity contribution is 5.78. The molecule has 142 valence electrons. The fourth-order valence-electron chi connectivity index (χ4n) is 3.38. The van der Waals surface area contributed by atoms with Gasteiger partial charge in [0.15, 0.2) is 0 Å². The van der Waals surface area contributed by atoms with E-state index in [2.05, 4.69) is 5.32 Å². The lowest BCUT2D eigenvalue weighted by atomic mass is 9.74. The fourth-order valence-corrected chi connectivity index (χ4v) is 3.38. The molecule has 1 N–H and O–H groups in total. The number of hydrogen-bond donors (Lipinski definition) is 1. The van der Waals surface area contributed by atoms with E-state index >= 15 is 0 Å². The van der Waals surface area contributed by atoms with Gasteiger partial charge in [-0.1, -0.05) is 24.3 Å². The minimum atomic E-state index is -0.471. The van der Waals surface area contributed by atoms with E-state index in [9.17, 15) is 19.3 Å². The Balaban J connectivity index is 1.65. The number of nitro groups is 1. The molecule has 0 unspecified atom stereocenters. The monoisotopic (exact) mass is 372 g/mol. The number of benzene rings is 2. The van der Waals surface area contributed by atoms with Crippen molar-refractivity contribution >= 4 is 11.6 Å². The summed E-state index contributed by atoms with van der Waals surface area (Å²) < 4.78 is 18.7. The van der Waals surface area contributed by atoms with Gasteiger partial charge in [0, 0.05) is 37.3 Å². The molecular weight excluding hydrogens is 351 g/mol. The molecular formula is C20H21FN2O4. The normalized spacial score (nSPS) is 15.9. The van der Waals surface area contributed by atoms with Crippen molar-refractivity contribution in [1.29, 1.82) is 0 Å². The lowest BCUT2D eigenvalue weighted by Crippen LogP contribution is -2.45. The number of rotatable bonds is 6. The molecule has 0 radical (unpaired) electrons. The lowest BCUT2D eigenvalue weighted by molar-refractivity contribution is -0.384. The zero-order valence-electron chi connectivity index (χ0n) is 14.8. The Morgan fingerprint density at radius 3 is 2.33 bits per heavy atom. The Bertz CT molecular complexity index is 800. The van der Waals surface area contributed by atoms with E-state index < -0.39 is 4.92 Å². The van der Waals surface area contributed by atoms with E-state index in [-0.39, 0.29) is 29.2 Å². The number of nitrogens with zero attached hydrogens (tertiary/aromatic N) is 1. The second-order valence-electron chi connectivity index (χ2n) is 6.78. The molecule has 1 aliphatic heterocycles. The SMILES string of the molecule is O=C(Cc1ccc([N+](=O)[O-])cc1)NCC1(c2ccc(F)cc2)CCOCC1. The number of halogens is 1. The van der Waals surface area contributed by atoms with Gasteiger partial charge in [-0.3, -0.25) is 14.9 Å². The highest BCUT2D eigenvalue weighted by Crippen LogP contribution is 2.34. The number of hydrogen-bond acceptors (Lipinski definition) is 4. The predicted molar refractivity (Wildman–Crippen MR) is 97.9 cm³/mol. The highest BCUT2D eigenvalue weighted by atomic mass is 19.1. The van der Waals surface area contributed by atoms with Gasteiger partial charge in [-0.15, -0.1) is 0 Å². The molecule has 1 heterocycles. The van der Waals surface area contributed by atoms with Gasteiger partial charge in [0.1, 0.15) is 5.82 Å². The number of non-ortho nitro benzene ring substituents is 1. The summed E-state index contributed by atoms with van der Waals surface area (Å²) in [5.74, 6) is -0.444. The molecule has 3 rings (SSSR count). The first-order valence-electron chi connectivity index (χ1n) is 8.82. The van der Waals surface area contributed by atoms with Gasteiger partial charge >= 0.3 is 0 Å². The number of carbonyl (C=O) groups excluding carboxylic acids is 1. The largest absolute Gasteiger partial charge is 0.381 e. The van der Waals surface area contributed by atoms with E-state index in [4.69, 9.17) is 4.74 Å². The number of ether oxygens (including phenoxy) is 1. The molecule has 1 aliphatic rings. The summed E-state index contributed by atoms with van der Waals surface area (Å²) in [6.07, 6.45) is 1.64. The Hall–Kier alpha value is -2.80. The highest BCUT2D eigenvalue weighted by Gasteiger charge is 2.34. The van der Waals surface area contributed by atoms with Crippen molar-refractivity contribution in [1.82, 2.24) is 5.32 Å². The number of nitro benzene ring substituents is 1. The van der Waals surface area contributed by atoms with Gasteiger partial charge in [0.2, 0.25) is 5.91 Å². The second-order valence-corrected chi connectivity index (χ2v) is 6.78. The Morgan fingerprint density at radius 1 is 1.11 bits per heavy atom. The van der Waals surface area contributed by atoms with Crippen molar-refractivity contribution in [3.05, 3.63) is 75.6 Å². The molecule has 0 saturated carbocycles. The third kappa shape index (κ3) is 4.68. The van der Waals surface area contributed by atoms with E-state index in [1.807, 2.05) is 0 Å². The zero-order valence-corrected chi connectivity index (χ0v) is 14.8. The third-order valence-corrected chi connectivity index (χ3v) is 5.04. The minimum absolute atomic E-state index is 0.00312. The lowest BCUT2D eigenvalue weighted by Gasteiger charge is -2.38. The van der Waals surface area contributed by atoms with Crippen molar-refractivity contribution in [2.45, 2.75) is 24.7 Å². The summed E-state index contributed by atoms with van der Waals surface area (Å²) in [6, 6.07) is 12.4. The quantitative estimate of drug-likeness (QED) is 0.624. The van der Waals surface area contributed by atoms with Crippen LogP contribution in [0.5, 0.6) is 0 Å². The van der Waals surface area contributed by atoms with Crippen LogP contribution in [-0.2, 0) is 21.4 Å². The van der Waals surface area contributed by atoms with Crippen LogP contribution in [-0.4, -0.2) is 30.6 Å². The molecule has 27 heavy (non-hydrogen) atoms. The Labute approximate surface area is 156 Å². The van der Waals surface area contributed by atoms with Crippen LogP contribution in [0.4, 0.5) is 10.1 Å². The molecule has 2 aromatic carbocycles. The number of nitrogens with one attached hydrogen (secondary N) is 1. The van der Waals surface area contributed by atoms with Crippen LogP contribution in [0, 0.1) is 15.9 Å². The van der Waals surface area contributed by atoms with Gasteiger partial charge in [0.05, 0.1) is 11.3 Å². The van der Waals surface area contributed by atoms with Gasteiger partial charge in [-0.25, -0.2) is 4.39 Å². The summed E-state index contributed by atoms with van der Waals surface area (Å²) in [4.78, 5) is 22.6. The molecule has 2 aromatic rings. The van der Waals surface area contributed by atoms with Crippen molar-refractivity contribution in [3.8, 4) is 0 Å². The smallest absolute Gasteiger partial charge is 0.269 e. The van der Waals surface area contributed by atoms with Gasteiger partial charge in [-0.05, 0) is 36.1 Å². The van der Waals surface area contributed by atoms with Crippen LogP contribution in [0.15, 0.2) is 48.5 Å². The number of carbonyl (C=O) groups is 1. The standard InChI is InChI=1S/C20H21FN2O4/c21-17-5-3-16(4-6-17)20(9-11-27-12-10-20)14-22-19(24)13-15-1-7-18(8-2-15)23(25)26/h1-8H,9-14H2,(H,22,24). The molecule has 0 bridgehead atoms. The van der Waals surface area contributed by atoms with Crippen molar-refractivity contribution in [2.24, 2.45) is 0 Å². The van der Waals surface area contributed by atoms with Crippen LogP contribution < -0.4 is 5.32 Å². The van der Waals surface area contributed by atoms with E-state index in [1.54, 1.807) is 24.3 Å². The average molecular weight is 372 g/mol. The first kappa shape index (κ1) is 19.0. The third-order valence-electron chi connectivity index (χ3n) is 5.04. The van der Waals surface area contributed by atoms with Gasteiger partial charge in [0.25, 0.3) is 5.69 Å². The van der Waals surface area contributed by atoms with Gasteiger partial charge in [-0.2, -0.15) is 0 Å². The molecule has 1 saturated heterocycles. The molecule has 1 fully saturated rings. The molecule has 6 nitrogen and oxygen atoms in total. The summed E-state index contributed by atoms with van der Waals surface area (Å²) in [5.41, 5.74) is 1.41. The average Bonchev–Trinajstić information content (AvgIpc) is 2.68. The van der Waals surface area contributed by atoms with Crippen LogP contribution in [0.3, 0.4) is 0 Å². The number of amides is 1. The first-order valence-corrected chi connectivity index (χ1v) is 8.82. The van der Waals surface area contributed by atoms with Crippen LogP contribution in [0.2, 0.25) is 0 Å². The fraction of sp³-hybridized carbons (Fsp3) is 0.350. The first-order chi connectivity index (χ1) is 13.0. The molecule has 0 atom stereocenters. The predicted octanol–water partition coefficient (Wildman–Crippen LogP) is 3.14.